The van der Waals surface area contributed by atoms with E-state index in [4.69, 9.17) is 11.6 Å². The third-order valence-electron chi connectivity index (χ3n) is 5.40. The zero-order valence-corrected chi connectivity index (χ0v) is 18.9. The van der Waals surface area contributed by atoms with Gasteiger partial charge in [-0.1, -0.05) is 11.6 Å². The standard InChI is InChI=1S/C21H17ClF4N6O3/c1-27-20(35)14-6-12(28-19(34)13-7-15(21(24,25)26)31(2)30-13)18-17(29-16(33)8-32(14)18)10-5-9(23)3-4-11(10)22/h3-7,17H,8H2,1-2H3,(H,27,35)(H,28,34)(H,29,33). The van der Waals surface area contributed by atoms with E-state index in [1.807, 2.05) is 0 Å². The predicted octanol–water partition coefficient (Wildman–Crippen LogP) is 2.86. The Bertz CT molecular complexity index is 1360. The molecule has 184 valence electrons. The molecule has 1 aliphatic rings. The Balaban J connectivity index is 1.83. The fourth-order valence-corrected chi connectivity index (χ4v) is 4.10. The van der Waals surface area contributed by atoms with Gasteiger partial charge in [0.1, 0.15) is 23.7 Å². The van der Waals surface area contributed by atoms with E-state index >= 15 is 0 Å². The SMILES string of the molecule is CNC(=O)c1cc(NC(=O)c2cc(C(F)(F)F)n(C)n2)c2n1CC(=O)NC2c1cc(F)ccc1Cl. The van der Waals surface area contributed by atoms with E-state index in [9.17, 15) is 31.9 Å². The Hall–Kier alpha value is -3.87. The van der Waals surface area contributed by atoms with Crippen molar-refractivity contribution in [1.29, 1.82) is 0 Å². The van der Waals surface area contributed by atoms with E-state index in [1.54, 1.807) is 0 Å². The molecule has 4 rings (SSSR count). The van der Waals surface area contributed by atoms with E-state index in [0.717, 1.165) is 19.2 Å². The second kappa shape index (κ2) is 8.73. The lowest BCUT2D eigenvalue weighted by Gasteiger charge is -2.29. The van der Waals surface area contributed by atoms with Crippen LogP contribution in [-0.4, -0.2) is 39.1 Å². The molecule has 1 atom stereocenters. The number of hydrogen-bond donors (Lipinski definition) is 3. The fourth-order valence-electron chi connectivity index (χ4n) is 3.87. The van der Waals surface area contributed by atoms with Gasteiger partial charge < -0.3 is 20.5 Å². The monoisotopic (exact) mass is 512 g/mol. The van der Waals surface area contributed by atoms with Crippen LogP contribution in [0.3, 0.4) is 0 Å². The second-order valence-corrected chi connectivity index (χ2v) is 8.06. The van der Waals surface area contributed by atoms with Crippen LogP contribution in [0.5, 0.6) is 0 Å². The number of alkyl halides is 3. The highest BCUT2D eigenvalue weighted by molar-refractivity contribution is 6.31. The smallest absolute Gasteiger partial charge is 0.354 e. The van der Waals surface area contributed by atoms with Crippen molar-refractivity contribution in [2.24, 2.45) is 7.05 Å². The van der Waals surface area contributed by atoms with Crippen molar-refractivity contribution in [2.45, 2.75) is 18.8 Å². The Kier molecular flexibility index (Phi) is 6.05. The van der Waals surface area contributed by atoms with Crippen LogP contribution >= 0.6 is 11.6 Å². The molecule has 1 aromatic carbocycles. The molecule has 1 unspecified atom stereocenters. The molecule has 0 bridgehead atoms. The second-order valence-electron chi connectivity index (χ2n) is 7.65. The van der Waals surface area contributed by atoms with Gasteiger partial charge in [-0.2, -0.15) is 18.3 Å². The molecule has 0 spiro atoms. The maximum absolute atomic E-state index is 14.0. The average Bonchev–Trinajstić information content (AvgIpc) is 3.35. The fraction of sp³-hybridized carbons (Fsp3) is 0.238. The molecule has 3 heterocycles. The molecule has 2 aromatic heterocycles. The highest BCUT2D eigenvalue weighted by Gasteiger charge is 2.37. The first kappa shape index (κ1) is 24.3. The molecule has 14 heteroatoms. The number of hydrogen-bond acceptors (Lipinski definition) is 4. The quantitative estimate of drug-likeness (QED) is 0.467. The minimum Gasteiger partial charge on any atom is -0.354 e. The van der Waals surface area contributed by atoms with Gasteiger partial charge in [-0.3, -0.25) is 19.1 Å². The van der Waals surface area contributed by atoms with Crippen molar-refractivity contribution in [3.8, 4) is 0 Å². The van der Waals surface area contributed by atoms with Crippen LogP contribution in [0.4, 0.5) is 23.2 Å². The van der Waals surface area contributed by atoms with Crippen molar-refractivity contribution in [3.05, 3.63) is 69.5 Å². The number of fused-ring (bicyclic) bond motifs is 1. The molecule has 3 amide bonds. The number of nitrogens with zero attached hydrogens (tertiary/aromatic N) is 3. The Morgan fingerprint density at radius 1 is 1.20 bits per heavy atom. The maximum Gasteiger partial charge on any atom is 0.433 e. The average molecular weight is 513 g/mol. The number of carbonyl (C=O) groups excluding carboxylic acids is 3. The van der Waals surface area contributed by atoms with Gasteiger partial charge in [0.2, 0.25) is 5.91 Å². The summed E-state index contributed by atoms with van der Waals surface area (Å²) in [5.41, 5.74) is -1.35. The molecular formula is C21H17ClF4N6O3. The highest BCUT2D eigenvalue weighted by Crippen LogP contribution is 2.38. The molecule has 0 saturated carbocycles. The Morgan fingerprint density at radius 2 is 1.91 bits per heavy atom. The summed E-state index contributed by atoms with van der Waals surface area (Å²) in [6.45, 7) is -0.306. The van der Waals surface area contributed by atoms with Gasteiger partial charge in [0.05, 0.1) is 17.4 Å². The normalized spacial score (nSPS) is 15.4. The van der Waals surface area contributed by atoms with E-state index < -0.39 is 47.1 Å². The first-order valence-electron chi connectivity index (χ1n) is 10.0. The van der Waals surface area contributed by atoms with Crippen LogP contribution in [0.15, 0.2) is 30.3 Å². The van der Waals surface area contributed by atoms with Crippen molar-refractivity contribution in [2.75, 3.05) is 12.4 Å². The minimum absolute atomic E-state index is 0.00172. The summed E-state index contributed by atoms with van der Waals surface area (Å²) in [5.74, 6) is -2.75. The molecule has 1 aliphatic heterocycles. The highest BCUT2D eigenvalue weighted by atomic mass is 35.5. The summed E-state index contributed by atoms with van der Waals surface area (Å²) in [5, 5.41) is 11.2. The summed E-state index contributed by atoms with van der Waals surface area (Å²) in [7, 11) is 2.40. The first-order chi connectivity index (χ1) is 16.4. The summed E-state index contributed by atoms with van der Waals surface area (Å²) in [6.07, 6.45) is -4.73. The van der Waals surface area contributed by atoms with Gasteiger partial charge in [0.15, 0.2) is 5.69 Å². The number of anilines is 1. The van der Waals surface area contributed by atoms with Gasteiger partial charge in [-0.05, 0) is 24.3 Å². The van der Waals surface area contributed by atoms with Crippen LogP contribution in [-0.2, 0) is 24.6 Å². The molecule has 9 nitrogen and oxygen atoms in total. The van der Waals surface area contributed by atoms with E-state index in [-0.39, 0.29) is 34.2 Å². The first-order valence-corrected chi connectivity index (χ1v) is 10.4. The number of carbonyl (C=O) groups is 3. The van der Waals surface area contributed by atoms with Gasteiger partial charge >= 0.3 is 6.18 Å². The molecule has 0 saturated heterocycles. The van der Waals surface area contributed by atoms with Crippen LogP contribution in [0.1, 0.15) is 44.0 Å². The van der Waals surface area contributed by atoms with Crippen LogP contribution in [0.25, 0.3) is 0 Å². The summed E-state index contributed by atoms with van der Waals surface area (Å²) < 4.78 is 55.3. The molecule has 35 heavy (non-hydrogen) atoms. The lowest BCUT2D eigenvalue weighted by molar-refractivity contribution is -0.143. The van der Waals surface area contributed by atoms with E-state index in [0.29, 0.717) is 10.7 Å². The molecule has 0 fully saturated rings. The summed E-state index contributed by atoms with van der Waals surface area (Å²) in [4.78, 5) is 37.8. The zero-order valence-electron chi connectivity index (χ0n) is 18.1. The molecule has 0 radical (unpaired) electrons. The number of aromatic nitrogens is 3. The van der Waals surface area contributed by atoms with E-state index in [2.05, 4.69) is 21.0 Å². The number of amides is 3. The van der Waals surface area contributed by atoms with Crippen LogP contribution < -0.4 is 16.0 Å². The van der Waals surface area contributed by atoms with Crippen molar-refractivity contribution < 1.29 is 31.9 Å². The van der Waals surface area contributed by atoms with Crippen molar-refractivity contribution >= 4 is 35.0 Å². The maximum atomic E-state index is 14.0. The number of benzene rings is 1. The minimum atomic E-state index is -4.73. The molecule has 0 aliphatic carbocycles. The predicted molar refractivity (Wildman–Crippen MR) is 115 cm³/mol. The van der Waals surface area contributed by atoms with Gasteiger partial charge in [-0.25, -0.2) is 4.39 Å². The molecular weight excluding hydrogens is 496 g/mol. The van der Waals surface area contributed by atoms with Gasteiger partial charge in [-0.15, -0.1) is 0 Å². The van der Waals surface area contributed by atoms with Crippen LogP contribution in [0.2, 0.25) is 5.02 Å². The van der Waals surface area contributed by atoms with Crippen molar-refractivity contribution in [1.82, 2.24) is 25.0 Å². The Morgan fingerprint density at radius 3 is 2.54 bits per heavy atom. The topological polar surface area (TPSA) is 110 Å². The number of aryl methyl sites for hydroxylation is 1. The number of nitrogens with one attached hydrogen (secondary N) is 3. The third-order valence-corrected chi connectivity index (χ3v) is 5.74. The van der Waals surface area contributed by atoms with Crippen LogP contribution in [0, 0.1) is 5.82 Å². The van der Waals surface area contributed by atoms with Gasteiger partial charge in [0.25, 0.3) is 11.8 Å². The number of halogens is 5. The van der Waals surface area contributed by atoms with E-state index in [1.165, 1.54) is 23.7 Å². The zero-order chi connectivity index (χ0) is 25.7. The van der Waals surface area contributed by atoms with Gasteiger partial charge in [0, 0.05) is 30.7 Å². The largest absolute Gasteiger partial charge is 0.433 e. The molecule has 3 N–H and O–H groups in total. The Labute approximate surface area is 200 Å². The lowest BCUT2D eigenvalue weighted by atomic mass is 10.0. The third kappa shape index (κ3) is 4.46. The summed E-state index contributed by atoms with van der Waals surface area (Å²) in [6, 6.07) is 4.26. The van der Waals surface area contributed by atoms with Crippen molar-refractivity contribution in [3.63, 3.8) is 0 Å². The summed E-state index contributed by atoms with van der Waals surface area (Å²) >= 11 is 6.24. The lowest BCUT2D eigenvalue weighted by Crippen LogP contribution is -2.40. The molecule has 3 aromatic rings. The number of rotatable bonds is 4.